The van der Waals surface area contributed by atoms with Crippen LogP contribution in [0.4, 0.5) is 5.69 Å². The Labute approximate surface area is 170 Å². The summed E-state index contributed by atoms with van der Waals surface area (Å²) in [7, 11) is 0. The Balaban J connectivity index is 2.23. The number of anilines is 1. The molecule has 0 saturated carbocycles. The highest BCUT2D eigenvalue weighted by atomic mass is 16.3. The molecule has 0 aliphatic rings. The molecule has 0 bridgehead atoms. The molecule has 0 aliphatic carbocycles. The summed E-state index contributed by atoms with van der Waals surface area (Å²) >= 11 is 0. The fraction of sp³-hybridized carbons (Fsp3) is 0.364. The van der Waals surface area contributed by atoms with E-state index in [1.807, 2.05) is 38.1 Å². The first kappa shape index (κ1) is 20.7. The smallest absolute Gasteiger partial charge is 0.252 e. The van der Waals surface area contributed by atoms with Crippen molar-refractivity contribution >= 4 is 22.6 Å². The van der Waals surface area contributed by atoms with Crippen molar-refractivity contribution in [2.75, 3.05) is 5.32 Å². The van der Waals surface area contributed by atoms with Crippen molar-refractivity contribution in [3.63, 3.8) is 0 Å². The van der Waals surface area contributed by atoms with Crippen LogP contribution in [0.1, 0.15) is 50.2 Å². The summed E-state index contributed by atoms with van der Waals surface area (Å²) < 4.78 is 0. The molecule has 0 spiro atoms. The number of carbonyl (C=O) groups is 1. The summed E-state index contributed by atoms with van der Waals surface area (Å²) in [4.78, 5) is 25.9. The molecule has 3 aromatic heterocycles. The molecule has 3 aromatic rings. The maximum atomic E-state index is 12.4. The lowest BCUT2D eigenvalue weighted by atomic mass is 9.97. The lowest BCUT2D eigenvalue weighted by molar-refractivity contribution is 0.0709. The van der Waals surface area contributed by atoms with Gasteiger partial charge in [-0.25, -0.2) is 4.98 Å². The maximum absolute atomic E-state index is 12.4. The maximum Gasteiger partial charge on any atom is 0.252 e. The second-order valence-corrected chi connectivity index (χ2v) is 8.08. The lowest BCUT2D eigenvalue weighted by Gasteiger charge is -2.21. The van der Waals surface area contributed by atoms with Crippen molar-refractivity contribution < 1.29 is 9.90 Å². The van der Waals surface area contributed by atoms with Crippen LogP contribution in [0.3, 0.4) is 0 Å². The average Bonchev–Trinajstić information content (AvgIpc) is 2.65. The molecule has 7 heteroatoms. The molecular formula is C22H27N5O2. The van der Waals surface area contributed by atoms with Crippen LogP contribution in [0, 0.1) is 0 Å². The number of amides is 1. The molecule has 3 heterocycles. The number of carbonyl (C=O) groups excluding carboxylic acids is 1. The molecule has 29 heavy (non-hydrogen) atoms. The Morgan fingerprint density at radius 1 is 1.17 bits per heavy atom. The third-order valence-corrected chi connectivity index (χ3v) is 4.53. The number of nitrogens with one attached hydrogen (secondary N) is 1. The molecular weight excluding hydrogens is 366 g/mol. The van der Waals surface area contributed by atoms with Gasteiger partial charge in [-0.3, -0.25) is 14.8 Å². The van der Waals surface area contributed by atoms with Gasteiger partial charge in [-0.2, -0.15) is 0 Å². The van der Waals surface area contributed by atoms with Gasteiger partial charge < -0.3 is 16.2 Å². The van der Waals surface area contributed by atoms with Crippen molar-refractivity contribution in [1.82, 2.24) is 15.0 Å². The van der Waals surface area contributed by atoms with Gasteiger partial charge in [-0.15, -0.1) is 0 Å². The molecule has 0 aromatic carbocycles. The second-order valence-electron chi connectivity index (χ2n) is 8.08. The Bertz CT molecular complexity index is 1030. The van der Waals surface area contributed by atoms with Gasteiger partial charge in [-0.1, -0.05) is 0 Å². The van der Waals surface area contributed by atoms with E-state index < -0.39 is 11.5 Å². The number of pyridine rings is 3. The molecule has 0 unspecified atom stereocenters. The number of aryl methyl sites for hydroxylation is 1. The molecule has 152 valence electrons. The third kappa shape index (κ3) is 4.86. The van der Waals surface area contributed by atoms with E-state index in [0.717, 1.165) is 11.3 Å². The first-order valence-electron chi connectivity index (χ1n) is 9.68. The minimum Gasteiger partial charge on any atom is -0.390 e. The predicted octanol–water partition coefficient (Wildman–Crippen LogP) is 3.31. The summed E-state index contributed by atoms with van der Waals surface area (Å²) in [6.07, 6.45) is 4.30. The van der Waals surface area contributed by atoms with E-state index in [2.05, 4.69) is 15.3 Å². The largest absolute Gasteiger partial charge is 0.390 e. The van der Waals surface area contributed by atoms with Gasteiger partial charge in [0.1, 0.15) is 5.52 Å². The van der Waals surface area contributed by atoms with Crippen LogP contribution < -0.4 is 11.1 Å². The number of primary amides is 1. The van der Waals surface area contributed by atoms with E-state index in [9.17, 15) is 9.90 Å². The van der Waals surface area contributed by atoms with Crippen molar-refractivity contribution in [3.05, 3.63) is 47.9 Å². The molecule has 4 N–H and O–H groups in total. The number of nitrogens with two attached hydrogens (primary N) is 1. The van der Waals surface area contributed by atoms with E-state index in [1.54, 1.807) is 26.2 Å². The molecule has 7 nitrogen and oxygen atoms in total. The van der Waals surface area contributed by atoms with Crippen molar-refractivity contribution in [3.8, 4) is 11.3 Å². The Morgan fingerprint density at radius 3 is 2.45 bits per heavy atom. The van der Waals surface area contributed by atoms with E-state index in [0.29, 0.717) is 40.8 Å². The fourth-order valence-electron chi connectivity index (χ4n) is 3.17. The normalized spacial score (nSPS) is 11.8. The number of aromatic nitrogens is 3. The quantitative estimate of drug-likeness (QED) is 0.567. The molecule has 0 aliphatic heterocycles. The van der Waals surface area contributed by atoms with Gasteiger partial charge in [0.15, 0.2) is 0 Å². The van der Waals surface area contributed by atoms with Crippen molar-refractivity contribution in [2.45, 2.75) is 52.2 Å². The predicted molar refractivity (Wildman–Crippen MR) is 115 cm³/mol. The minimum atomic E-state index is -0.874. The highest BCUT2D eigenvalue weighted by Gasteiger charge is 2.23. The zero-order valence-electron chi connectivity index (χ0n) is 17.2. The number of hydrogen-bond acceptors (Lipinski definition) is 6. The minimum absolute atomic E-state index is 0.0622. The first-order valence-corrected chi connectivity index (χ1v) is 9.68. The van der Waals surface area contributed by atoms with Crippen LogP contribution in [0.5, 0.6) is 0 Å². The first-order chi connectivity index (χ1) is 13.7. The lowest BCUT2D eigenvalue weighted by Crippen LogP contribution is -2.24. The second kappa shape index (κ2) is 8.13. The zero-order valence-corrected chi connectivity index (χ0v) is 17.2. The summed E-state index contributed by atoms with van der Waals surface area (Å²) in [6.45, 7) is 7.43. The molecule has 0 saturated heterocycles. The van der Waals surface area contributed by atoms with E-state index in [1.165, 1.54) is 0 Å². The van der Waals surface area contributed by atoms with Gasteiger partial charge >= 0.3 is 0 Å². The number of rotatable bonds is 7. The summed E-state index contributed by atoms with van der Waals surface area (Å²) in [5.74, 6) is -0.565. The van der Waals surface area contributed by atoms with Crippen molar-refractivity contribution in [2.24, 2.45) is 5.73 Å². The number of aliphatic hydroxyl groups is 1. The monoisotopic (exact) mass is 393 g/mol. The average molecular weight is 393 g/mol. The Kier molecular flexibility index (Phi) is 5.79. The summed E-state index contributed by atoms with van der Waals surface area (Å²) in [5.41, 5.74) is 9.29. The zero-order chi connectivity index (χ0) is 21.2. The fourth-order valence-corrected chi connectivity index (χ4v) is 3.17. The van der Waals surface area contributed by atoms with Crippen LogP contribution in [0.25, 0.3) is 22.3 Å². The SMILES string of the molecule is CC(C)Nc1c(C(N)=O)c(CCC(C)(C)O)nc2ccc(-c3ccncc3)nc12. The summed E-state index contributed by atoms with van der Waals surface area (Å²) in [5, 5.41) is 13.5. The van der Waals surface area contributed by atoms with Crippen LogP contribution in [0.2, 0.25) is 0 Å². The standard InChI is InChI=1S/C22H27N5O2/c1-13(2)25-20-18(21(23)28)16(7-10-22(3,4)29)26-17-6-5-15(27-19(17)20)14-8-11-24-12-9-14/h5-6,8-9,11-13,29H,7,10H2,1-4H3,(H2,23,28)(H,25,26). The van der Waals surface area contributed by atoms with E-state index in [-0.39, 0.29) is 6.04 Å². The number of fused-ring (bicyclic) bond motifs is 1. The Morgan fingerprint density at radius 2 is 1.86 bits per heavy atom. The van der Waals surface area contributed by atoms with Crippen molar-refractivity contribution in [1.29, 1.82) is 0 Å². The molecule has 3 rings (SSSR count). The van der Waals surface area contributed by atoms with Gasteiger partial charge in [0.05, 0.1) is 33.8 Å². The van der Waals surface area contributed by atoms with Gasteiger partial charge in [0.25, 0.3) is 5.91 Å². The molecule has 0 fully saturated rings. The molecule has 0 radical (unpaired) electrons. The topological polar surface area (TPSA) is 114 Å². The molecule has 0 atom stereocenters. The van der Waals surface area contributed by atoms with Crippen LogP contribution in [-0.4, -0.2) is 37.6 Å². The van der Waals surface area contributed by atoms with Crippen LogP contribution >= 0.6 is 0 Å². The van der Waals surface area contributed by atoms with E-state index in [4.69, 9.17) is 10.7 Å². The van der Waals surface area contributed by atoms with Gasteiger partial charge in [0, 0.05) is 24.0 Å². The van der Waals surface area contributed by atoms with Crippen LogP contribution in [-0.2, 0) is 6.42 Å². The third-order valence-electron chi connectivity index (χ3n) is 4.53. The highest BCUT2D eigenvalue weighted by molar-refractivity contribution is 6.06. The Hall–Kier alpha value is -3.06. The highest BCUT2D eigenvalue weighted by Crippen LogP contribution is 2.31. The van der Waals surface area contributed by atoms with Gasteiger partial charge in [-0.05, 0) is 64.8 Å². The molecule has 1 amide bonds. The van der Waals surface area contributed by atoms with Crippen LogP contribution in [0.15, 0.2) is 36.7 Å². The number of nitrogens with zero attached hydrogens (tertiary/aromatic N) is 3. The van der Waals surface area contributed by atoms with Gasteiger partial charge in [0.2, 0.25) is 0 Å². The summed E-state index contributed by atoms with van der Waals surface area (Å²) in [6, 6.07) is 7.61. The number of hydrogen-bond donors (Lipinski definition) is 3. The van der Waals surface area contributed by atoms with E-state index >= 15 is 0 Å².